The Kier molecular flexibility index (Phi) is 2.91. The van der Waals surface area contributed by atoms with E-state index in [0.717, 1.165) is 11.1 Å². The number of carbonyl (C=O) groups is 1. The summed E-state index contributed by atoms with van der Waals surface area (Å²) in [6.07, 6.45) is 0. The summed E-state index contributed by atoms with van der Waals surface area (Å²) in [4.78, 5) is 16.0. The van der Waals surface area contributed by atoms with E-state index in [1.54, 1.807) is 6.07 Å². The molecule has 0 saturated heterocycles. The molecule has 3 rings (SSSR count). The minimum absolute atomic E-state index is 0.0109. The number of benzene rings is 1. The first-order valence-electron chi connectivity index (χ1n) is 5.92. The summed E-state index contributed by atoms with van der Waals surface area (Å²) < 4.78 is 1.28. The minimum atomic E-state index is -1.09. The van der Waals surface area contributed by atoms with E-state index in [4.69, 9.17) is 11.6 Å². The van der Waals surface area contributed by atoms with Crippen LogP contribution >= 0.6 is 11.6 Å². The van der Waals surface area contributed by atoms with E-state index < -0.39 is 5.97 Å². The van der Waals surface area contributed by atoms with Gasteiger partial charge in [0.25, 0.3) is 0 Å². The summed E-state index contributed by atoms with van der Waals surface area (Å²) >= 11 is 5.90. The maximum Gasteiger partial charge on any atom is 0.356 e. The molecule has 1 aromatic carbocycles. The van der Waals surface area contributed by atoms with Crippen molar-refractivity contribution < 1.29 is 9.90 Å². The number of hydrogen-bond donors (Lipinski definition) is 1. The SMILES string of the molecule is Cc1cc(Cl)nn2c(C(=O)O)c(-c3ccccc3)nc12. The molecule has 0 atom stereocenters. The van der Waals surface area contributed by atoms with Crippen molar-refractivity contribution in [3.63, 3.8) is 0 Å². The third-order valence-corrected chi connectivity index (χ3v) is 3.17. The Morgan fingerprint density at radius 1 is 1.30 bits per heavy atom. The maximum absolute atomic E-state index is 11.5. The summed E-state index contributed by atoms with van der Waals surface area (Å²) in [6, 6.07) is 10.8. The van der Waals surface area contributed by atoms with Crippen LogP contribution in [0.5, 0.6) is 0 Å². The molecule has 1 N–H and O–H groups in total. The van der Waals surface area contributed by atoms with E-state index in [0.29, 0.717) is 11.3 Å². The third kappa shape index (κ3) is 1.92. The molecular weight excluding hydrogens is 278 g/mol. The number of aromatic carboxylic acids is 1. The monoisotopic (exact) mass is 287 g/mol. The van der Waals surface area contributed by atoms with Gasteiger partial charge in [-0.3, -0.25) is 0 Å². The largest absolute Gasteiger partial charge is 0.476 e. The van der Waals surface area contributed by atoms with Crippen molar-refractivity contribution in [1.82, 2.24) is 14.6 Å². The molecule has 0 saturated carbocycles. The molecule has 3 aromatic rings. The smallest absolute Gasteiger partial charge is 0.356 e. The molecule has 20 heavy (non-hydrogen) atoms. The molecular formula is C14H10ClN3O2. The second-order valence-corrected chi connectivity index (χ2v) is 4.75. The van der Waals surface area contributed by atoms with Gasteiger partial charge in [0.15, 0.2) is 11.3 Å². The van der Waals surface area contributed by atoms with Crippen molar-refractivity contribution in [2.75, 3.05) is 0 Å². The van der Waals surface area contributed by atoms with Crippen LogP contribution in [0.2, 0.25) is 5.15 Å². The standard InChI is InChI=1S/C14H10ClN3O2/c1-8-7-10(15)17-18-12(14(19)20)11(16-13(8)18)9-5-3-2-4-6-9/h2-7H,1H3,(H,19,20). The average molecular weight is 288 g/mol. The lowest BCUT2D eigenvalue weighted by Gasteiger charge is -2.00. The fourth-order valence-electron chi connectivity index (χ4n) is 2.12. The summed E-state index contributed by atoms with van der Waals surface area (Å²) in [6.45, 7) is 1.82. The highest BCUT2D eigenvalue weighted by molar-refractivity contribution is 6.29. The van der Waals surface area contributed by atoms with E-state index in [2.05, 4.69) is 10.1 Å². The fourth-order valence-corrected chi connectivity index (χ4v) is 2.36. The summed E-state index contributed by atoms with van der Waals surface area (Å²) in [7, 11) is 0. The molecule has 2 aromatic heterocycles. The number of aromatic nitrogens is 3. The molecule has 5 nitrogen and oxygen atoms in total. The van der Waals surface area contributed by atoms with Gasteiger partial charge < -0.3 is 5.11 Å². The molecule has 2 heterocycles. The third-order valence-electron chi connectivity index (χ3n) is 2.99. The van der Waals surface area contributed by atoms with E-state index >= 15 is 0 Å². The molecule has 0 aliphatic rings. The van der Waals surface area contributed by atoms with Crippen molar-refractivity contribution in [3.8, 4) is 11.3 Å². The molecule has 100 valence electrons. The number of imidazole rings is 1. The number of halogens is 1. The highest BCUT2D eigenvalue weighted by atomic mass is 35.5. The number of hydrogen-bond acceptors (Lipinski definition) is 3. The number of carboxylic acids is 1. The van der Waals surface area contributed by atoms with Crippen LogP contribution in [0, 0.1) is 6.92 Å². The van der Waals surface area contributed by atoms with Crippen molar-refractivity contribution in [2.24, 2.45) is 0 Å². The minimum Gasteiger partial charge on any atom is -0.476 e. The van der Waals surface area contributed by atoms with Gasteiger partial charge in [0, 0.05) is 5.56 Å². The second kappa shape index (κ2) is 4.61. The summed E-state index contributed by atoms with van der Waals surface area (Å²) in [5.74, 6) is -1.09. The Hall–Kier alpha value is -2.40. The topological polar surface area (TPSA) is 67.5 Å². The number of aryl methyl sites for hydroxylation is 1. The highest BCUT2D eigenvalue weighted by Gasteiger charge is 2.22. The van der Waals surface area contributed by atoms with Crippen LogP contribution in [0.15, 0.2) is 36.4 Å². The first-order chi connectivity index (χ1) is 9.58. The predicted octanol–water partition coefficient (Wildman–Crippen LogP) is 3.06. The average Bonchev–Trinajstić information content (AvgIpc) is 2.79. The lowest BCUT2D eigenvalue weighted by molar-refractivity contribution is 0.0689. The van der Waals surface area contributed by atoms with Gasteiger partial charge in [-0.15, -0.1) is 0 Å². The molecule has 0 aliphatic heterocycles. The zero-order chi connectivity index (χ0) is 14.3. The Morgan fingerprint density at radius 3 is 2.65 bits per heavy atom. The van der Waals surface area contributed by atoms with Crippen molar-refractivity contribution in [1.29, 1.82) is 0 Å². The van der Waals surface area contributed by atoms with Crippen molar-refractivity contribution in [2.45, 2.75) is 6.92 Å². The van der Waals surface area contributed by atoms with Gasteiger partial charge in [0.05, 0.1) is 0 Å². The molecule has 0 spiro atoms. The van der Waals surface area contributed by atoms with Crippen molar-refractivity contribution in [3.05, 3.63) is 52.8 Å². The van der Waals surface area contributed by atoms with E-state index in [1.165, 1.54) is 4.52 Å². The zero-order valence-electron chi connectivity index (χ0n) is 10.5. The van der Waals surface area contributed by atoms with Gasteiger partial charge >= 0.3 is 5.97 Å². The summed E-state index contributed by atoms with van der Waals surface area (Å²) in [5.41, 5.74) is 2.39. The van der Waals surface area contributed by atoms with Gasteiger partial charge in [-0.25, -0.2) is 14.3 Å². The van der Waals surface area contributed by atoms with Crippen LogP contribution in [0.3, 0.4) is 0 Å². The number of rotatable bonds is 2. The molecule has 0 aliphatic carbocycles. The molecule has 0 fully saturated rings. The number of carboxylic acid groups (broad SMARTS) is 1. The normalized spacial score (nSPS) is 10.9. The van der Waals surface area contributed by atoms with E-state index in [9.17, 15) is 9.90 Å². The maximum atomic E-state index is 11.5. The Bertz CT molecular complexity index is 812. The highest BCUT2D eigenvalue weighted by Crippen LogP contribution is 2.26. The Balaban J connectivity index is 2.41. The fraction of sp³-hybridized carbons (Fsp3) is 0.0714. The van der Waals surface area contributed by atoms with Crippen LogP contribution in [0.4, 0.5) is 0 Å². The van der Waals surface area contributed by atoms with E-state index in [1.807, 2.05) is 37.3 Å². The van der Waals surface area contributed by atoms with Crippen LogP contribution in [0.25, 0.3) is 16.9 Å². The second-order valence-electron chi connectivity index (χ2n) is 4.37. The van der Waals surface area contributed by atoms with Gasteiger partial charge in [-0.05, 0) is 18.6 Å². The summed E-state index contributed by atoms with van der Waals surface area (Å²) in [5, 5.41) is 13.7. The molecule has 6 heteroatoms. The predicted molar refractivity (Wildman–Crippen MR) is 75.1 cm³/mol. The van der Waals surface area contributed by atoms with Crippen LogP contribution in [-0.4, -0.2) is 25.7 Å². The van der Waals surface area contributed by atoms with Gasteiger partial charge in [-0.1, -0.05) is 41.9 Å². The van der Waals surface area contributed by atoms with E-state index in [-0.39, 0.29) is 10.8 Å². The van der Waals surface area contributed by atoms with Gasteiger partial charge in [-0.2, -0.15) is 5.10 Å². The molecule has 0 bridgehead atoms. The van der Waals surface area contributed by atoms with Crippen LogP contribution in [0.1, 0.15) is 16.1 Å². The quantitative estimate of drug-likeness (QED) is 0.786. The van der Waals surface area contributed by atoms with Crippen LogP contribution < -0.4 is 0 Å². The van der Waals surface area contributed by atoms with Gasteiger partial charge in [0.2, 0.25) is 0 Å². The Labute approximate surface area is 119 Å². The van der Waals surface area contributed by atoms with Crippen LogP contribution in [-0.2, 0) is 0 Å². The first-order valence-corrected chi connectivity index (χ1v) is 6.30. The zero-order valence-corrected chi connectivity index (χ0v) is 11.3. The Morgan fingerprint density at radius 2 is 2.00 bits per heavy atom. The molecule has 0 unspecified atom stereocenters. The molecule has 0 radical (unpaired) electrons. The molecule has 0 amide bonds. The first kappa shape index (κ1) is 12.6. The lowest BCUT2D eigenvalue weighted by Crippen LogP contribution is -2.06. The number of nitrogens with zero attached hydrogens (tertiary/aromatic N) is 3. The van der Waals surface area contributed by atoms with Gasteiger partial charge in [0.1, 0.15) is 10.8 Å². The lowest BCUT2D eigenvalue weighted by atomic mass is 10.1. The van der Waals surface area contributed by atoms with Crippen molar-refractivity contribution >= 4 is 23.2 Å². The number of fused-ring (bicyclic) bond motifs is 1.